The van der Waals surface area contributed by atoms with Crippen molar-refractivity contribution in [3.8, 4) is 17.2 Å². The molecule has 1 aliphatic rings. The molecule has 0 saturated heterocycles. The van der Waals surface area contributed by atoms with Gasteiger partial charge in [0, 0.05) is 6.04 Å². The summed E-state index contributed by atoms with van der Waals surface area (Å²) in [5.74, 6) is -0.100. The molecule has 9 nitrogen and oxygen atoms in total. The summed E-state index contributed by atoms with van der Waals surface area (Å²) in [5.41, 5.74) is 0.564. The van der Waals surface area contributed by atoms with Crippen LogP contribution < -0.4 is 24.8 Å². The Morgan fingerprint density at radius 3 is 2.15 bits per heavy atom. The molecule has 148 valence electrons. The maximum Gasteiger partial charge on any atom is 0.321 e. The van der Waals surface area contributed by atoms with Crippen LogP contribution in [-0.2, 0) is 20.7 Å². The van der Waals surface area contributed by atoms with Gasteiger partial charge in [0.2, 0.25) is 5.75 Å². The molecule has 1 unspecified atom stereocenters. The Morgan fingerprint density at radius 2 is 1.67 bits per heavy atom. The molecule has 0 heterocycles. The topological polar surface area (TPSA) is 112 Å². The molecule has 27 heavy (non-hydrogen) atoms. The molecule has 0 spiro atoms. The first-order valence-electron chi connectivity index (χ1n) is 8.47. The third kappa shape index (κ3) is 5.77. The van der Waals surface area contributed by atoms with Crippen molar-refractivity contribution in [3.05, 3.63) is 17.7 Å². The van der Waals surface area contributed by atoms with Gasteiger partial charge in [-0.15, -0.1) is 0 Å². The van der Waals surface area contributed by atoms with Gasteiger partial charge in [-0.2, -0.15) is 0 Å². The second-order valence-electron chi connectivity index (χ2n) is 6.08. The van der Waals surface area contributed by atoms with Crippen LogP contribution in [0.1, 0.15) is 25.3 Å². The van der Waals surface area contributed by atoms with Crippen molar-refractivity contribution in [2.75, 3.05) is 21.3 Å². The quantitative estimate of drug-likeness (QED) is 0.651. The van der Waals surface area contributed by atoms with Crippen LogP contribution >= 0.6 is 0 Å². The predicted molar refractivity (Wildman–Crippen MR) is 95.1 cm³/mol. The lowest BCUT2D eigenvalue weighted by atomic mass is 10.1. The number of imide groups is 1. The van der Waals surface area contributed by atoms with E-state index in [1.807, 2.05) is 0 Å². The van der Waals surface area contributed by atoms with Gasteiger partial charge < -0.3 is 24.3 Å². The molecule has 0 aromatic heterocycles. The molecule has 2 rings (SSSR count). The number of ether oxygens (including phenoxy) is 4. The lowest BCUT2D eigenvalue weighted by molar-refractivity contribution is -0.153. The van der Waals surface area contributed by atoms with E-state index in [1.165, 1.54) is 28.3 Å². The van der Waals surface area contributed by atoms with E-state index in [9.17, 15) is 14.4 Å². The van der Waals surface area contributed by atoms with E-state index in [2.05, 4.69) is 10.6 Å². The molecule has 1 saturated carbocycles. The number of esters is 1. The van der Waals surface area contributed by atoms with Gasteiger partial charge in [0.05, 0.1) is 27.8 Å². The number of nitrogens with one attached hydrogen (secondary N) is 2. The average Bonchev–Trinajstić information content (AvgIpc) is 3.44. The number of benzene rings is 1. The highest BCUT2D eigenvalue weighted by Gasteiger charge is 2.26. The van der Waals surface area contributed by atoms with Crippen LogP contribution in [0.3, 0.4) is 0 Å². The van der Waals surface area contributed by atoms with Crippen molar-refractivity contribution in [2.45, 2.75) is 38.3 Å². The lowest BCUT2D eigenvalue weighted by Crippen LogP contribution is -2.45. The summed E-state index contributed by atoms with van der Waals surface area (Å²) in [6, 6.07) is 2.78. The van der Waals surface area contributed by atoms with E-state index in [1.54, 1.807) is 12.1 Å². The SMILES string of the molecule is COc1cc(CC(=O)OC(C)C(=O)NC(=O)NC2CC2)cc(OC)c1OC. The Hall–Kier alpha value is -2.97. The van der Waals surface area contributed by atoms with E-state index in [-0.39, 0.29) is 12.5 Å². The van der Waals surface area contributed by atoms with Gasteiger partial charge in [-0.1, -0.05) is 0 Å². The molecule has 1 fully saturated rings. The second-order valence-corrected chi connectivity index (χ2v) is 6.08. The third-order valence-corrected chi connectivity index (χ3v) is 3.90. The van der Waals surface area contributed by atoms with Crippen molar-refractivity contribution >= 4 is 17.9 Å². The van der Waals surface area contributed by atoms with Gasteiger partial charge in [-0.05, 0) is 37.5 Å². The van der Waals surface area contributed by atoms with Crippen molar-refractivity contribution in [1.82, 2.24) is 10.6 Å². The lowest BCUT2D eigenvalue weighted by Gasteiger charge is -2.15. The summed E-state index contributed by atoms with van der Waals surface area (Å²) in [6.45, 7) is 1.40. The first kappa shape index (κ1) is 20.3. The molecule has 2 N–H and O–H groups in total. The Kier molecular flexibility index (Phi) is 6.86. The maximum atomic E-state index is 12.1. The molecule has 0 aliphatic heterocycles. The first-order chi connectivity index (χ1) is 12.9. The number of rotatable bonds is 8. The Balaban J connectivity index is 1.93. The minimum absolute atomic E-state index is 0.109. The minimum atomic E-state index is -1.11. The number of carbonyl (C=O) groups excluding carboxylic acids is 3. The number of hydrogen-bond acceptors (Lipinski definition) is 7. The third-order valence-electron chi connectivity index (χ3n) is 3.90. The number of hydrogen-bond donors (Lipinski definition) is 2. The van der Waals surface area contributed by atoms with Gasteiger partial charge in [0.25, 0.3) is 5.91 Å². The molecule has 1 atom stereocenters. The number of carbonyl (C=O) groups is 3. The number of amides is 3. The van der Waals surface area contributed by atoms with Crippen LogP contribution in [0.5, 0.6) is 17.2 Å². The summed E-state index contributed by atoms with van der Waals surface area (Å²) >= 11 is 0. The van der Waals surface area contributed by atoms with Crippen LogP contribution in [-0.4, -0.2) is 51.4 Å². The van der Waals surface area contributed by atoms with Crippen LogP contribution in [0.4, 0.5) is 4.79 Å². The molecular formula is C18H24N2O7. The van der Waals surface area contributed by atoms with E-state index in [4.69, 9.17) is 18.9 Å². The van der Waals surface area contributed by atoms with E-state index >= 15 is 0 Å². The van der Waals surface area contributed by atoms with Crippen molar-refractivity contribution in [2.24, 2.45) is 0 Å². The summed E-state index contributed by atoms with van der Waals surface area (Å²) in [6.07, 6.45) is 0.592. The highest BCUT2D eigenvalue weighted by molar-refractivity contribution is 5.97. The first-order valence-corrected chi connectivity index (χ1v) is 8.47. The molecule has 3 amide bonds. The van der Waals surface area contributed by atoms with Gasteiger partial charge in [0.15, 0.2) is 17.6 Å². The fourth-order valence-electron chi connectivity index (χ4n) is 2.36. The van der Waals surface area contributed by atoms with E-state index in [0.717, 1.165) is 12.8 Å². The number of urea groups is 1. The summed E-state index contributed by atoms with van der Waals surface area (Å²) in [4.78, 5) is 35.6. The Bertz CT molecular complexity index is 691. The summed E-state index contributed by atoms with van der Waals surface area (Å²) < 4.78 is 20.8. The van der Waals surface area contributed by atoms with Crippen molar-refractivity contribution < 1.29 is 33.3 Å². The monoisotopic (exact) mass is 380 g/mol. The fourth-order valence-corrected chi connectivity index (χ4v) is 2.36. The molecule has 1 aromatic carbocycles. The largest absolute Gasteiger partial charge is 0.493 e. The molecule has 1 aromatic rings. The number of methoxy groups -OCH3 is 3. The van der Waals surface area contributed by atoms with Gasteiger partial charge >= 0.3 is 12.0 Å². The zero-order valence-corrected chi connectivity index (χ0v) is 15.8. The summed E-state index contributed by atoms with van der Waals surface area (Å²) in [7, 11) is 4.42. The zero-order chi connectivity index (χ0) is 20.0. The van der Waals surface area contributed by atoms with Crippen LogP contribution in [0.2, 0.25) is 0 Å². The Morgan fingerprint density at radius 1 is 1.07 bits per heavy atom. The smallest absolute Gasteiger partial charge is 0.321 e. The molecule has 1 aliphatic carbocycles. The highest BCUT2D eigenvalue weighted by Crippen LogP contribution is 2.38. The van der Waals surface area contributed by atoms with Gasteiger partial charge in [-0.3, -0.25) is 14.9 Å². The maximum absolute atomic E-state index is 12.1. The highest BCUT2D eigenvalue weighted by atomic mass is 16.5. The van der Waals surface area contributed by atoms with Crippen molar-refractivity contribution in [3.63, 3.8) is 0 Å². The van der Waals surface area contributed by atoms with Crippen LogP contribution in [0.15, 0.2) is 12.1 Å². The van der Waals surface area contributed by atoms with E-state index < -0.39 is 24.0 Å². The molecule has 0 radical (unpaired) electrons. The standard InChI is InChI=1S/C18H24N2O7/c1-10(17(22)20-18(23)19-12-5-6-12)27-15(21)9-11-7-13(24-2)16(26-4)14(8-11)25-3/h7-8,10,12H,5-6,9H2,1-4H3,(H2,19,20,22,23). The molecule has 0 bridgehead atoms. The van der Waals surface area contributed by atoms with Crippen molar-refractivity contribution in [1.29, 1.82) is 0 Å². The normalized spacial score (nSPS) is 13.9. The van der Waals surface area contributed by atoms with Gasteiger partial charge in [-0.25, -0.2) is 4.79 Å². The van der Waals surface area contributed by atoms with Gasteiger partial charge in [0.1, 0.15) is 0 Å². The average molecular weight is 380 g/mol. The minimum Gasteiger partial charge on any atom is -0.493 e. The Labute approximate surface area is 157 Å². The van der Waals surface area contributed by atoms with Crippen LogP contribution in [0.25, 0.3) is 0 Å². The molecule has 9 heteroatoms. The van der Waals surface area contributed by atoms with E-state index in [0.29, 0.717) is 22.8 Å². The predicted octanol–water partition coefficient (Wildman–Crippen LogP) is 1.17. The van der Waals surface area contributed by atoms with Crippen LogP contribution in [0, 0.1) is 0 Å². The second kappa shape index (κ2) is 9.11. The fraction of sp³-hybridized carbons (Fsp3) is 0.500. The summed E-state index contributed by atoms with van der Waals surface area (Å²) in [5, 5.41) is 4.77. The zero-order valence-electron chi connectivity index (χ0n) is 15.8. The molecular weight excluding hydrogens is 356 g/mol.